The van der Waals surface area contributed by atoms with Gasteiger partial charge in [0.05, 0.1) is 73.2 Å². The van der Waals surface area contributed by atoms with Crippen LogP contribution < -0.4 is 28.4 Å². The Balaban J connectivity index is 0.000000152. The third kappa shape index (κ3) is 23.2. The summed E-state index contributed by atoms with van der Waals surface area (Å²) in [4.78, 5) is 20.6. The molecule has 0 radical (unpaired) electrons. The lowest BCUT2D eigenvalue weighted by atomic mass is 10.0. The summed E-state index contributed by atoms with van der Waals surface area (Å²) < 4.78 is 329. The summed E-state index contributed by atoms with van der Waals surface area (Å²) in [6.45, 7) is 8.46. The van der Waals surface area contributed by atoms with Crippen molar-refractivity contribution >= 4 is 28.2 Å². The number of fused-ring (bicyclic) bond motifs is 5. The predicted octanol–water partition coefficient (Wildman–Crippen LogP) is 19.7. The van der Waals surface area contributed by atoms with Crippen molar-refractivity contribution in [3.8, 4) is 90.8 Å². The van der Waals surface area contributed by atoms with Crippen LogP contribution in [0.2, 0.25) is 0 Å². The molecule has 660 valence electrons. The fourth-order valence-corrected chi connectivity index (χ4v) is 11.7. The van der Waals surface area contributed by atoms with E-state index in [4.69, 9.17) is 9.47 Å². The molecule has 0 aliphatic carbocycles. The molecule has 0 aliphatic rings. The molecule has 0 saturated heterocycles. The number of halogens is 23. The molecule has 0 saturated carbocycles. The minimum absolute atomic E-state index is 0.00563. The smallest absolute Gasteiger partial charge is 0.496 e. The molecule has 50 heteroatoms. The number of aromatic nitrogens is 20. The van der Waals surface area contributed by atoms with Crippen molar-refractivity contribution in [1.82, 2.24) is 97.9 Å². The van der Waals surface area contributed by atoms with Crippen LogP contribution >= 0.6 is 0 Å². The zero-order valence-corrected chi connectivity index (χ0v) is 64.9. The highest BCUT2D eigenvalue weighted by atomic mass is 19.4. The molecule has 5 aromatic carbocycles. The summed E-state index contributed by atoms with van der Waals surface area (Å²) in [6.07, 6.45) is -14.7. The van der Waals surface area contributed by atoms with Crippen molar-refractivity contribution in [2.24, 2.45) is 0 Å². The van der Waals surface area contributed by atoms with Gasteiger partial charge < -0.3 is 33.2 Å². The first-order valence-corrected chi connectivity index (χ1v) is 35.2. The minimum Gasteiger partial charge on any atom is -0.496 e. The second-order valence-electron chi connectivity index (χ2n) is 26.3. The Morgan fingerprint density at radius 3 is 0.912 bits per heavy atom. The molecule has 0 N–H and O–H groups in total. The summed E-state index contributed by atoms with van der Waals surface area (Å²) in [5, 5.41) is 36.7. The van der Waals surface area contributed by atoms with Crippen LogP contribution in [0, 0.1) is 19.7 Å². The molecule has 0 amide bonds. The van der Waals surface area contributed by atoms with Crippen molar-refractivity contribution < 1.29 is 134 Å². The van der Waals surface area contributed by atoms with Gasteiger partial charge in [-0.05, 0) is 130 Å². The monoisotopic (exact) mass is 1790 g/mol. The second-order valence-corrected chi connectivity index (χ2v) is 26.3. The van der Waals surface area contributed by atoms with E-state index in [2.05, 4.69) is 99.6 Å². The highest BCUT2D eigenvalue weighted by molar-refractivity contribution is 5.70. The van der Waals surface area contributed by atoms with Crippen LogP contribution in [0.4, 0.5) is 101 Å². The van der Waals surface area contributed by atoms with E-state index in [1.54, 1.807) is 20.0 Å². The van der Waals surface area contributed by atoms with Crippen molar-refractivity contribution in [3.05, 3.63) is 205 Å². The average molecular weight is 1790 g/mol. The average Bonchev–Trinajstić information content (AvgIpc) is 1.69. The summed E-state index contributed by atoms with van der Waals surface area (Å²) in [6, 6.07) is 17.5. The van der Waals surface area contributed by atoms with Crippen LogP contribution in [0.25, 0.3) is 84.5 Å². The van der Waals surface area contributed by atoms with Crippen LogP contribution in [0.15, 0.2) is 153 Å². The summed E-state index contributed by atoms with van der Waals surface area (Å²) >= 11 is 0. The van der Waals surface area contributed by atoms with Gasteiger partial charge in [-0.2, -0.15) is 17.6 Å². The van der Waals surface area contributed by atoms with Gasteiger partial charge in [-0.15, -0.1) is 117 Å². The molecule has 15 aromatic rings. The van der Waals surface area contributed by atoms with Crippen LogP contribution in [0.5, 0.6) is 34.5 Å². The van der Waals surface area contributed by atoms with Gasteiger partial charge in [0.1, 0.15) is 40.3 Å². The molecule has 0 aliphatic heterocycles. The Hall–Kier alpha value is -14.0. The number of aryl methyl sites for hydroxylation is 2. The number of ether oxygens (including phenoxy) is 7. The highest BCUT2D eigenvalue weighted by Gasteiger charge is 2.38. The van der Waals surface area contributed by atoms with Gasteiger partial charge in [-0.1, -0.05) is 0 Å². The number of hydrogen-bond acceptors (Lipinski definition) is 22. The van der Waals surface area contributed by atoms with Gasteiger partial charge >= 0.3 is 43.7 Å². The number of hydrogen-bond donors (Lipinski definition) is 0. The summed E-state index contributed by atoms with van der Waals surface area (Å²) in [5.74, 6) is -10.4. The summed E-state index contributed by atoms with van der Waals surface area (Å²) in [7, 11) is 2.68. The number of methoxy groups -OCH3 is 2. The lowest BCUT2D eigenvalue weighted by Gasteiger charge is -2.14. The molecule has 15 rings (SSSR count). The van der Waals surface area contributed by atoms with Crippen LogP contribution in [0.1, 0.15) is 98.9 Å². The van der Waals surface area contributed by atoms with Gasteiger partial charge in [0.2, 0.25) is 11.6 Å². The highest BCUT2D eigenvalue weighted by Crippen LogP contribution is 2.39. The van der Waals surface area contributed by atoms with Gasteiger partial charge in [0.15, 0.2) is 64.2 Å². The quantitative estimate of drug-likeness (QED) is 0.0721. The van der Waals surface area contributed by atoms with Crippen LogP contribution in [-0.2, 0) is 23.2 Å². The standard InChI is InChI=1S/C16H13F5N4O2.C15H11F5N4O.C15H12F4N4O2.C15H12F4N4O.C14H9F5N4O/c1-15(17,18)14-24-23-13-6-22-12(7-25(13)14)11-4-3-10(27-16(19,20)21)5-9(11)8-26-2;1-8-5-9(25-15(18,19)20)3-4-10(8)11-7-24-12(6-21-11)22-23-13(24)14(2,16)17;1-8(16)14-22-21-13-6-20-11(7-23(13)14)10-4-3-9(5-12(10)24-2)25-15(17,18)19;1-8-5-10(24-15(17,18)19)3-4-11(8)12-7-23-13(6-20-12)21-22-14(23)9(2)16;1-7(15)13-22-21-12-5-20-11(6-23(12)13)9-3-2-8(4-10(9)16)24-14(17,18)19/h3-7H,8H2,1-2H3;3-7H,1-2H3;3-8H,1-2H3;3-7,9H,1-2H3;2-7H,1H3. The van der Waals surface area contributed by atoms with Crippen LogP contribution in [0.3, 0.4) is 0 Å². The Kier molecular flexibility index (Phi) is 26.6. The Labute approximate surface area is 685 Å². The zero-order valence-electron chi connectivity index (χ0n) is 64.9. The Bertz CT molecular complexity index is 6190. The minimum atomic E-state index is -4.92. The van der Waals surface area contributed by atoms with E-state index in [0.717, 1.165) is 51.3 Å². The molecular formula is C75H57F23N20O7. The number of alkyl halides is 22. The van der Waals surface area contributed by atoms with E-state index in [-0.39, 0.29) is 80.9 Å². The third-order valence-corrected chi connectivity index (χ3v) is 16.8. The Morgan fingerprint density at radius 2 is 0.600 bits per heavy atom. The maximum atomic E-state index is 14.1. The van der Waals surface area contributed by atoms with Gasteiger partial charge in [-0.25, -0.2) is 17.6 Å². The molecule has 3 atom stereocenters. The lowest BCUT2D eigenvalue weighted by Crippen LogP contribution is -2.17. The predicted molar refractivity (Wildman–Crippen MR) is 389 cm³/mol. The first kappa shape index (κ1) is 91.7. The van der Waals surface area contributed by atoms with Crippen molar-refractivity contribution in [2.45, 2.75) is 117 Å². The fourth-order valence-electron chi connectivity index (χ4n) is 11.7. The maximum Gasteiger partial charge on any atom is 0.573 e. The van der Waals surface area contributed by atoms with Gasteiger partial charge in [0.25, 0.3) is 0 Å². The number of benzene rings is 5. The van der Waals surface area contributed by atoms with E-state index in [1.807, 2.05) is 0 Å². The topological polar surface area (TPSA) is 280 Å². The molecule has 0 fully saturated rings. The number of rotatable bonds is 18. The molecule has 10 heterocycles. The molecule has 0 bridgehead atoms. The van der Waals surface area contributed by atoms with E-state index >= 15 is 0 Å². The van der Waals surface area contributed by atoms with Crippen LogP contribution in [-0.4, -0.2) is 144 Å². The number of nitrogens with zero attached hydrogens (tertiary/aromatic N) is 20. The van der Waals surface area contributed by atoms with E-state index in [1.165, 1.54) is 146 Å². The largest absolute Gasteiger partial charge is 0.573 e. The van der Waals surface area contributed by atoms with Crippen molar-refractivity contribution in [3.63, 3.8) is 0 Å². The second kappa shape index (κ2) is 36.2. The van der Waals surface area contributed by atoms with Crippen molar-refractivity contribution in [1.29, 1.82) is 0 Å². The molecule has 10 aromatic heterocycles. The summed E-state index contributed by atoms with van der Waals surface area (Å²) in [5.41, 5.74) is 5.75. The van der Waals surface area contributed by atoms with Crippen molar-refractivity contribution in [2.75, 3.05) is 14.2 Å². The molecule has 3 unspecified atom stereocenters. The normalized spacial score (nSPS) is 12.9. The molecular weight excluding hydrogens is 1730 g/mol. The van der Waals surface area contributed by atoms with E-state index < -0.39 is 96.9 Å². The van der Waals surface area contributed by atoms with E-state index in [0.29, 0.717) is 81.5 Å². The Morgan fingerprint density at radius 1 is 0.328 bits per heavy atom. The third-order valence-electron chi connectivity index (χ3n) is 16.8. The van der Waals surface area contributed by atoms with E-state index in [9.17, 15) is 101 Å². The van der Waals surface area contributed by atoms with Gasteiger partial charge in [0, 0.05) is 91.9 Å². The lowest BCUT2D eigenvalue weighted by molar-refractivity contribution is -0.275. The fraction of sp³-hybridized carbons (Fsp3) is 0.267. The first-order valence-electron chi connectivity index (χ1n) is 35.2. The maximum absolute atomic E-state index is 14.1. The first-order chi connectivity index (χ1) is 58.4. The molecule has 27 nitrogen and oxygen atoms in total. The SMILES string of the molecule is CC(F)c1nnc2cnc(-c3ccc(OC(F)(F)F)cc3F)cn12.COCc1cc(OC(F)(F)F)ccc1-c1cn2c(C(C)(F)F)nnc2cn1.COc1cc(OC(F)(F)F)ccc1-c1cn2c(C(C)F)nnc2cn1.Cc1cc(OC(F)(F)F)ccc1-c1cn2c(C(C)(F)F)nnc2cn1.Cc1cc(OC(F)(F)F)ccc1-c1cn2c(C(C)F)nnc2cn1. The zero-order chi connectivity index (χ0) is 91.4. The molecule has 0 spiro atoms. The van der Waals surface area contributed by atoms with Gasteiger partial charge in [-0.3, -0.25) is 46.9 Å². The molecule has 125 heavy (non-hydrogen) atoms.